The topological polar surface area (TPSA) is 12.0 Å². The average Bonchev–Trinajstić information content (AvgIpc) is 2.95. The summed E-state index contributed by atoms with van der Waals surface area (Å²) in [5, 5.41) is 10.7. The van der Waals surface area contributed by atoms with Crippen LogP contribution in [0.5, 0.6) is 0 Å². The third-order valence-electron chi connectivity index (χ3n) is 5.46. The summed E-state index contributed by atoms with van der Waals surface area (Å²) in [6, 6.07) is 16.4. The molecule has 0 saturated carbocycles. The second-order valence-corrected chi connectivity index (χ2v) is 14.5. The van der Waals surface area contributed by atoms with E-state index >= 15 is 0 Å². The summed E-state index contributed by atoms with van der Waals surface area (Å²) in [5.74, 6) is 0.487. The standard InChI is InChI=1S/C18H13.C3H8N.2CH3.2ClH.H4Si.Ti/c1-12-10-11-17-15-8-3-2-6-13(15)14-7-4-5-9-16(14)18(12)17;1-3(2)4;;;;;;/h2-8,10-12H,1H3;3-4H,1-2H3;2*1H3;2*1H;1H4;/q;-1;;;;;;+3/p-2. The Bertz CT molecular complexity index is 1010. The van der Waals surface area contributed by atoms with Gasteiger partial charge in [-0.05, 0) is 11.0 Å². The Balaban J connectivity index is 0.00000131. The van der Waals surface area contributed by atoms with Crippen molar-refractivity contribution in [2.24, 2.45) is 0 Å². The first kappa shape index (κ1) is 25.4. The summed E-state index contributed by atoms with van der Waals surface area (Å²) in [6.45, 7) is 6.87. The molecule has 1 N–H and O–H groups in total. The first-order valence-corrected chi connectivity index (χ1v) is 14.0. The Hall–Kier alpha value is -0.609. The fraction of sp³-hybridized carbons (Fsp3) is 0.304. The van der Waals surface area contributed by atoms with Gasteiger partial charge in [0, 0.05) is 0 Å². The van der Waals surface area contributed by atoms with Gasteiger partial charge in [0.05, 0.1) is 0 Å². The molecule has 1 aliphatic carbocycles. The van der Waals surface area contributed by atoms with Crippen LogP contribution in [-0.4, -0.2) is 17.0 Å². The van der Waals surface area contributed by atoms with Crippen LogP contribution in [0.4, 0.5) is 0 Å². The molecular formula is C23H31Cl2NSiTi. The molecule has 3 aromatic carbocycles. The summed E-state index contributed by atoms with van der Waals surface area (Å²) >= 11 is -2.33. The number of fused-ring (bicyclic) bond motifs is 6. The van der Waals surface area contributed by atoms with Gasteiger partial charge in [0.25, 0.3) is 0 Å². The fourth-order valence-corrected chi connectivity index (χ4v) is 9.30. The van der Waals surface area contributed by atoms with Gasteiger partial charge in [-0.25, -0.2) is 0 Å². The number of hydrogen-bond acceptors (Lipinski definition) is 1. The number of hydrogen-bond donors (Lipinski definition) is 1. The van der Waals surface area contributed by atoms with Crippen LogP contribution in [0, 0.1) is 0 Å². The van der Waals surface area contributed by atoms with Gasteiger partial charge < -0.3 is 24.8 Å². The zero-order chi connectivity index (χ0) is 17.8. The predicted molar refractivity (Wildman–Crippen MR) is 120 cm³/mol. The number of allylic oxidation sites excluding steroid dienone is 1. The summed E-state index contributed by atoms with van der Waals surface area (Å²) in [6.07, 6.45) is 4.71. The molecule has 1 unspecified atom stereocenters. The molecule has 0 radical (unpaired) electrons. The minimum Gasteiger partial charge on any atom is -1.00 e. The SMILES string of the molecule is CC(C)[NH][Ti+2]([CH3])([CH3])[c]1cccc2c1c1c(c3ccccc32)C=CC1C.[Cl-].[Cl-].[SiH4]. The van der Waals surface area contributed by atoms with Gasteiger partial charge in [0.1, 0.15) is 0 Å². The summed E-state index contributed by atoms with van der Waals surface area (Å²) in [7, 11) is 0. The van der Waals surface area contributed by atoms with E-state index in [1.165, 1.54) is 32.7 Å². The molecule has 0 bridgehead atoms. The van der Waals surface area contributed by atoms with Crippen LogP contribution in [0.3, 0.4) is 0 Å². The second-order valence-electron chi connectivity index (χ2n) is 8.17. The summed E-state index contributed by atoms with van der Waals surface area (Å²) in [4.78, 5) is 0. The first-order valence-electron chi connectivity index (χ1n) is 9.34. The van der Waals surface area contributed by atoms with E-state index in [-0.39, 0.29) is 35.8 Å². The number of nitrogens with one attached hydrogen (secondary N) is 1. The van der Waals surface area contributed by atoms with E-state index in [1.807, 2.05) is 0 Å². The van der Waals surface area contributed by atoms with Crippen molar-refractivity contribution in [2.75, 3.05) is 0 Å². The van der Waals surface area contributed by atoms with Crippen molar-refractivity contribution >= 4 is 42.5 Å². The Labute approximate surface area is 189 Å². The zero-order valence-electron chi connectivity index (χ0n) is 16.6. The Morgan fingerprint density at radius 1 is 0.893 bits per heavy atom. The molecule has 0 amide bonds. The van der Waals surface area contributed by atoms with Gasteiger partial charge in [-0.1, -0.05) is 0 Å². The average molecular weight is 468 g/mol. The quantitative estimate of drug-likeness (QED) is 0.364. The fourth-order valence-electron chi connectivity index (χ4n) is 4.61. The van der Waals surface area contributed by atoms with Crippen LogP contribution >= 0.6 is 0 Å². The monoisotopic (exact) mass is 467 g/mol. The van der Waals surface area contributed by atoms with Gasteiger partial charge in [-0.2, -0.15) is 0 Å². The molecule has 1 atom stereocenters. The van der Waals surface area contributed by atoms with Gasteiger partial charge in [0.15, 0.2) is 0 Å². The van der Waals surface area contributed by atoms with Crippen molar-refractivity contribution in [1.82, 2.24) is 3.80 Å². The van der Waals surface area contributed by atoms with Crippen LogP contribution in [-0.2, 0) is 16.8 Å². The molecule has 150 valence electrons. The van der Waals surface area contributed by atoms with Gasteiger partial charge in [0.2, 0.25) is 0 Å². The van der Waals surface area contributed by atoms with Crippen molar-refractivity contribution < 1.29 is 41.7 Å². The molecule has 1 aliphatic rings. The zero-order valence-corrected chi connectivity index (χ0v) is 19.7. The van der Waals surface area contributed by atoms with Crippen LogP contribution in [0.15, 0.2) is 48.5 Å². The maximum Gasteiger partial charge on any atom is -0.0149 e. The van der Waals surface area contributed by atoms with Crippen LogP contribution < -0.4 is 32.5 Å². The molecule has 0 heterocycles. The minimum atomic E-state index is -2.33. The van der Waals surface area contributed by atoms with E-state index in [0.717, 1.165) is 0 Å². The summed E-state index contributed by atoms with van der Waals surface area (Å²) in [5.41, 5.74) is 2.97. The van der Waals surface area contributed by atoms with E-state index in [9.17, 15) is 0 Å². The Morgan fingerprint density at radius 3 is 2.14 bits per heavy atom. The number of rotatable bonds is 3. The van der Waals surface area contributed by atoms with Crippen LogP contribution in [0.25, 0.3) is 27.6 Å². The van der Waals surface area contributed by atoms with Crippen molar-refractivity contribution in [3.8, 4) is 0 Å². The van der Waals surface area contributed by atoms with E-state index in [0.29, 0.717) is 12.0 Å². The van der Waals surface area contributed by atoms with Crippen molar-refractivity contribution in [2.45, 2.75) is 43.2 Å². The van der Waals surface area contributed by atoms with Crippen molar-refractivity contribution in [3.05, 3.63) is 59.7 Å². The molecule has 3 aromatic rings. The molecule has 0 aliphatic heterocycles. The number of halogens is 2. The van der Waals surface area contributed by atoms with Gasteiger partial charge >= 0.3 is 155 Å². The van der Waals surface area contributed by atoms with Crippen LogP contribution in [0.2, 0.25) is 10.5 Å². The van der Waals surface area contributed by atoms with E-state index in [4.69, 9.17) is 0 Å². The largest absolute Gasteiger partial charge is 1.00 e. The van der Waals surface area contributed by atoms with E-state index in [2.05, 4.69) is 89.6 Å². The normalized spacial score (nSPS) is 14.6. The van der Waals surface area contributed by atoms with Gasteiger partial charge in [-0.3, -0.25) is 0 Å². The predicted octanol–water partition coefficient (Wildman–Crippen LogP) is -1.53. The summed E-state index contributed by atoms with van der Waals surface area (Å²) < 4.78 is 5.54. The third-order valence-corrected chi connectivity index (χ3v) is 10.2. The molecular weight excluding hydrogens is 437 g/mol. The van der Waals surface area contributed by atoms with Gasteiger partial charge in [-0.15, -0.1) is 0 Å². The first-order chi connectivity index (χ1) is 11.9. The molecule has 0 fully saturated rings. The molecule has 0 saturated heterocycles. The maximum absolute atomic E-state index is 3.95. The maximum atomic E-state index is 3.95. The molecule has 5 heteroatoms. The van der Waals surface area contributed by atoms with Crippen molar-refractivity contribution in [3.63, 3.8) is 0 Å². The molecule has 1 nitrogen and oxygen atoms in total. The molecule has 28 heavy (non-hydrogen) atoms. The molecule has 0 spiro atoms. The minimum absolute atomic E-state index is 0. The Morgan fingerprint density at radius 2 is 1.50 bits per heavy atom. The van der Waals surface area contributed by atoms with Crippen molar-refractivity contribution in [1.29, 1.82) is 0 Å². The number of benzene rings is 3. The van der Waals surface area contributed by atoms with E-state index < -0.39 is 16.8 Å². The second kappa shape index (κ2) is 9.47. The van der Waals surface area contributed by atoms with E-state index in [1.54, 1.807) is 3.87 Å². The third kappa shape index (κ3) is 4.14. The van der Waals surface area contributed by atoms with Crippen LogP contribution in [0.1, 0.15) is 37.8 Å². The molecule has 0 aromatic heterocycles. The molecule has 4 rings (SSSR count). The smallest absolute Gasteiger partial charge is 0.0149 e. The Kier molecular flexibility index (Phi) is 8.60.